The zero-order chi connectivity index (χ0) is 16.8. The maximum atomic E-state index is 11.9. The van der Waals surface area contributed by atoms with Crippen molar-refractivity contribution in [3.05, 3.63) is 65.5 Å². The van der Waals surface area contributed by atoms with Crippen LogP contribution in [0.1, 0.15) is 5.89 Å². The first kappa shape index (κ1) is 16.5. The number of aromatic nitrogens is 2. The van der Waals surface area contributed by atoms with Crippen LogP contribution in [-0.4, -0.2) is 21.8 Å². The number of thioether (sulfide) groups is 1. The Kier molecular flexibility index (Phi) is 5.51. The second kappa shape index (κ2) is 7.99. The van der Waals surface area contributed by atoms with E-state index in [0.717, 1.165) is 5.56 Å². The molecule has 5 nitrogen and oxygen atoms in total. The molecular weight excluding hydrogens is 346 g/mol. The molecule has 1 aromatic heterocycles. The minimum atomic E-state index is -0.106. The topological polar surface area (TPSA) is 68.0 Å². The molecule has 0 bridgehead atoms. The van der Waals surface area contributed by atoms with Crippen molar-refractivity contribution in [3.8, 4) is 11.4 Å². The highest BCUT2D eigenvalue weighted by Crippen LogP contribution is 2.18. The highest BCUT2D eigenvalue weighted by molar-refractivity contribution is 7.99. The largest absolute Gasteiger partial charge is 0.338 e. The number of nitrogens with zero attached hydrogens (tertiary/aromatic N) is 2. The molecule has 0 radical (unpaired) electrons. The summed E-state index contributed by atoms with van der Waals surface area (Å²) in [5, 5.41) is 7.32. The van der Waals surface area contributed by atoms with Gasteiger partial charge in [-0.1, -0.05) is 53.2 Å². The van der Waals surface area contributed by atoms with Gasteiger partial charge in [-0.15, -0.1) is 11.8 Å². The summed E-state index contributed by atoms with van der Waals surface area (Å²) in [7, 11) is 0. The molecule has 0 aliphatic rings. The van der Waals surface area contributed by atoms with Crippen LogP contribution in [0.2, 0.25) is 5.02 Å². The van der Waals surface area contributed by atoms with Crippen molar-refractivity contribution in [2.75, 3.05) is 11.1 Å². The zero-order valence-electron chi connectivity index (χ0n) is 12.6. The van der Waals surface area contributed by atoms with E-state index >= 15 is 0 Å². The normalized spacial score (nSPS) is 10.5. The van der Waals surface area contributed by atoms with Crippen molar-refractivity contribution in [2.45, 2.75) is 5.75 Å². The molecule has 0 aliphatic heterocycles. The zero-order valence-corrected chi connectivity index (χ0v) is 14.2. The average molecular weight is 360 g/mol. The van der Waals surface area contributed by atoms with E-state index in [1.54, 1.807) is 24.3 Å². The smallest absolute Gasteiger partial charge is 0.236 e. The number of halogens is 1. The number of benzene rings is 2. The lowest BCUT2D eigenvalue weighted by Gasteiger charge is -2.04. The first-order valence-corrected chi connectivity index (χ1v) is 8.75. The number of hydrogen-bond donors (Lipinski definition) is 1. The molecule has 0 aliphatic carbocycles. The van der Waals surface area contributed by atoms with Crippen molar-refractivity contribution in [3.63, 3.8) is 0 Å². The summed E-state index contributed by atoms with van der Waals surface area (Å²) in [5.41, 5.74) is 1.58. The maximum Gasteiger partial charge on any atom is 0.236 e. The number of rotatable bonds is 6. The number of carbonyl (C=O) groups excluding carboxylic acids is 1. The molecule has 0 atom stereocenters. The molecule has 0 fully saturated rings. The van der Waals surface area contributed by atoms with Gasteiger partial charge in [0.1, 0.15) is 0 Å². The van der Waals surface area contributed by atoms with Gasteiger partial charge in [0.15, 0.2) is 0 Å². The molecule has 7 heteroatoms. The SMILES string of the molecule is O=C(CSCc1nc(-c2ccccc2)no1)Nc1cccc(Cl)c1. The van der Waals surface area contributed by atoms with Crippen molar-refractivity contribution in [1.29, 1.82) is 0 Å². The predicted molar refractivity (Wildman–Crippen MR) is 96.0 cm³/mol. The first-order valence-electron chi connectivity index (χ1n) is 7.22. The van der Waals surface area contributed by atoms with Crippen LogP contribution in [0.5, 0.6) is 0 Å². The molecule has 2 aromatic carbocycles. The average Bonchev–Trinajstić information content (AvgIpc) is 3.04. The summed E-state index contributed by atoms with van der Waals surface area (Å²) < 4.78 is 5.20. The van der Waals surface area contributed by atoms with Gasteiger partial charge in [-0.25, -0.2) is 0 Å². The predicted octanol–water partition coefficient (Wildman–Crippen LogP) is 4.26. The number of carbonyl (C=O) groups is 1. The van der Waals surface area contributed by atoms with Gasteiger partial charge in [0, 0.05) is 16.3 Å². The molecule has 24 heavy (non-hydrogen) atoms. The fraction of sp³-hybridized carbons (Fsp3) is 0.118. The Morgan fingerprint density at radius 2 is 2.00 bits per heavy atom. The Balaban J connectivity index is 1.48. The maximum absolute atomic E-state index is 11.9. The van der Waals surface area contributed by atoms with Gasteiger partial charge in [0.2, 0.25) is 17.6 Å². The van der Waals surface area contributed by atoms with E-state index in [1.165, 1.54) is 11.8 Å². The van der Waals surface area contributed by atoms with Crippen LogP contribution in [0.4, 0.5) is 5.69 Å². The van der Waals surface area contributed by atoms with Crippen LogP contribution in [-0.2, 0) is 10.5 Å². The lowest BCUT2D eigenvalue weighted by molar-refractivity contribution is -0.113. The third kappa shape index (κ3) is 4.59. The number of amides is 1. The lowest BCUT2D eigenvalue weighted by Crippen LogP contribution is -2.14. The van der Waals surface area contributed by atoms with E-state index in [9.17, 15) is 4.79 Å². The second-order valence-electron chi connectivity index (χ2n) is 4.93. The third-order valence-electron chi connectivity index (χ3n) is 3.07. The standard InChI is InChI=1S/C17H14ClN3O2S/c18-13-7-4-8-14(9-13)19-15(22)10-24-11-16-20-17(21-23-16)12-5-2-1-3-6-12/h1-9H,10-11H2,(H,19,22). The molecule has 1 heterocycles. The van der Waals surface area contributed by atoms with Gasteiger partial charge >= 0.3 is 0 Å². The molecule has 0 spiro atoms. The van der Waals surface area contributed by atoms with Crippen molar-refractivity contribution in [1.82, 2.24) is 10.1 Å². The highest BCUT2D eigenvalue weighted by atomic mass is 35.5. The van der Waals surface area contributed by atoms with E-state index < -0.39 is 0 Å². The summed E-state index contributed by atoms with van der Waals surface area (Å²) in [6.45, 7) is 0. The number of hydrogen-bond acceptors (Lipinski definition) is 5. The first-order chi connectivity index (χ1) is 11.7. The third-order valence-corrected chi connectivity index (χ3v) is 4.22. The highest BCUT2D eigenvalue weighted by Gasteiger charge is 2.09. The van der Waals surface area contributed by atoms with Gasteiger partial charge in [-0.3, -0.25) is 4.79 Å². The van der Waals surface area contributed by atoms with Crippen LogP contribution < -0.4 is 5.32 Å². The quantitative estimate of drug-likeness (QED) is 0.712. The Morgan fingerprint density at radius 3 is 2.79 bits per heavy atom. The number of anilines is 1. The van der Waals surface area contributed by atoms with E-state index in [2.05, 4.69) is 15.5 Å². The van der Waals surface area contributed by atoms with Crippen LogP contribution in [0.25, 0.3) is 11.4 Å². The fourth-order valence-electron chi connectivity index (χ4n) is 2.01. The molecule has 1 N–H and O–H groups in total. The Morgan fingerprint density at radius 1 is 1.17 bits per heavy atom. The molecule has 3 aromatic rings. The lowest BCUT2D eigenvalue weighted by atomic mass is 10.2. The van der Waals surface area contributed by atoms with E-state index in [0.29, 0.717) is 28.2 Å². The molecule has 3 rings (SSSR count). The summed E-state index contributed by atoms with van der Waals surface area (Å²) >= 11 is 7.29. The Hall–Kier alpha value is -2.31. The Labute approximate surface area is 148 Å². The Bertz CT molecular complexity index is 823. The summed E-state index contributed by atoms with van der Waals surface area (Å²) in [5.74, 6) is 1.70. The monoisotopic (exact) mass is 359 g/mol. The van der Waals surface area contributed by atoms with E-state index in [1.807, 2.05) is 30.3 Å². The summed E-state index contributed by atoms with van der Waals surface area (Å²) in [6, 6.07) is 16.6. The molecule has 1 amide bonds. The molecule has 0 unspecified atom stereocenters. The van der Waals surface area contributed by atoms with E-state index in [-0.39, 0.29) is 11.7 Å². The van der Waals surface area contributed by atoms with E-state index in [4.69, 9.17) is 16.1 Å². The summed E-state index contributed by atoms with van der Waals surface area (Å²) in [4.78, 5) is 16.2. The minimum absolute atomic E-state index is 0.106. The second-order valence-corrected chi connectivity index (χ2v) is 6.35. The van der Waals surface area contributed by atoms with Crippen LogP contribution in [0.15, 0.2) is 59.1 Å². The fourth-order valence-corrected chi connectivity index (χ4v) is 2.85. The van der Waals surface area contributed by atoms with Gasteiger partial charge in [0.05, 0.1) is 11.5 Å². The van der Waals surface area contributed by atoms with Gasteiger partial charge < -0.3 is 9.84 Å². The van der Waals surface area contributed by atoms with Crippen LogP contribution in [0.3, 0.4) is 0 Å². The van der Waals surface area contributed by atoms with Gasteiger partial charge in [-0.05, 0) is 18.2 Å². The number of nitrogens with one attached hydrogen (secondary N) is 1. The molecule has 122 valence electrons. The van der Waals surface area contributed by atoms with Crippen molar-refractivity contribution in [2.24, 2.45) is 0 Å². The molecule has 0 saturated carbocycles. The summed E-state index contributed by atoms with van der Waals surface area (Å²) in [6.07, 6.45) is 0. The minimum Gasteiger partial charge on any atom is -0.338 e. The van der Waals surface area contributed by atoms with Gasteiger partial charge in [0.25, 0.3) is 0 Å². The van der Waals surface area contributed by atoms with Gasteiger partial charge in [-0.2, -0.15) is 4.98 Å². The van der Waals surface area contributed by atoms with Crippen molar-refractivity contribution < 1.29 is 9.32 Å². The van der Waals surface area contributed by atoms with Crippen molar-refractivity contribution >= 4 is 35.0 Å². The molecule has 0 saturated heterocycles. The molecular formula is C17H14ClN3O2S. The van der Waals surface area contributed by atoms with Crippen LogP contribution in [0, 0.1) is 0 Å². The van der Waals surface area contributed by atoms with Crippen LogP contribution >= 0.6 is 23.4 Å².